The van der Waals surface area contributed by atoms with Gasteiger partial charge in [-0.25, -0.2) is 0 Å². The molecule has 0 fully saturated rings. The van der Waals surface area contributed by atoms with Gasteiger partial charge in [-0.15, -0.1) is 59.2 Å². The minimum atomic E-state index is 0. The van der Waals surface area contributed by atoms with Crippen LogP contribution in [0.25, 0.3) is 55.6 Å². The quantitative estimate of drug-likeness (QED) is 0.157. The van der Waals surface area contributed by atoms with Crippen molar-refractivity contribution >= 4 is 21.9 Å². The molecule has 0 bridgehead atoms. The Bertz CT molecular complexity index is 2360. The minimum absolute atomic E-state index is 0. The molecule has 0 aliphatic heterocycles. The van der Waals surface area contributed by atoms with Crippen molar-refractivity contribution in [3.8, 4) is 33.6 Å². The number of rotatable bonds is 6. The van der Waals surface area contributed by atoms with Crippen LogP contribution in [0.1, 0.15) is 50.3 Å². The SMILES string of the molecule is CC(C)(C)Cc1ccnc(-c2[c-]cc3oc4ccccc4c3c2)c1.CC(c1ccccc1)c1cccnc1-c1[c-]ccc(-c2ccccc2)c1.[Ir]. The van der Waals surface area contributed by atoms with Crippen molar-refractivity contribution in [1.82, 2.24) is 9.97 Å². The zero-order valence-electron chi connectivity index (χ0n) is 29.4. The van der Waals surface area contributed by atoms with Crippen molar-refractivity contribution in [2.45, 2.75) is 40.0 Å². The van der Waals surface area contributed by atoms with E-state index in [1.54, 1.807) is 0 Å². The number of fused-ring (bicyclic) bond motifs is 3. The minimum Gasteiger partial charge on any atom is -0.500 e. The van der Waals surface area contributed by atoms with E-state index in [-0.39, 0.29) is 31.4 Å². The molecule has 51 heavy (non-hydrogen) atoms. The summed E-state index contributed by atoms with van der Waals surface area (Å²) in [6.07, 6.45) is 4.78. The number of hydrogen-bond acceptors (Lipinski definition) is 3. The predicted octanol–water partition coefficient (Wildman–Crippen LogP) is 12.4. The average Bonchev–Trinajstić information content (AvgIpc) is 3.53. The molecule has 1 atom stereocenters. The van der Waals surface area contributed by atoms with E-state index in [2.05, 4.69) is 142 Å². The second-order valence-electron chi connectivity index (χ2n) is 13.9. The van der Waals surface area contributed by atoms with Gasteiger partial charge in [0.1, 0.15) is 5.58 Å². The smallest absolute Gasteiger partial charge is 0.120 e. The molecule has 1 radical (unpaired) electrons. The fraction of sp³-hybridized carbons (Fsp3) is 0.149. The first-order valence-corrected chi connectivity index (χ1v) is 17.2. The summed E-state index contributed by atoms with van der Waals surface area (Å²) >= 11 is 0. The van der Waals surface area contributed by atoms with Crippen LogP contribution in [-0.4, -0.2) is 9.97 Å². The Balaban J connectivity index is 0.000000173. The van der Waals surface area contributed by atoms with Crippen LogP contribution in [-0.2, 0) is 26.5 Å². The van der Waals surface area contributed by atoms with Gasteiger partial charge in [0.2, 0.25) is 0 Å². The first kappa shape index (κ1) is 35.7. The van der Waals surface area contributed by atoms with Gasteiger partial charge in [0.05, 0.1) is 5.58 Å². The first-order chi connectivity index (χ1) is 24.3. The molecule has 4 heteroatoms. The third-order valence-corrected chi connectivity index (χ3v) is 8.91. The maximum absolute atomic E-state index is 5.88. The molecule has 3 nitrogen and oxygen atoms in total. The van der Waals surface area contributed by atoms with Gasteiger partial charge in [-0.3, -0.25) is 0 Å². The van der Waals surface area contributed by atoms with Crippen LogP contribution in [0, 0.1) is 17.5 Å². The largest absolute Gasteiger partial charge is 0.500 e. The zero-order chi connectivity index (χ0) is 34.5. The van der Waals surface area contributed by atoms with E-state index in [1.807, 2.05) is 54.9 Å². The Labute approximate surface area is 314 Å². The van der Waals surface area contributed by atoms with Gasteiger partial charge in [-0.2, -0.15) is 0 Å². The Hall–Kier alpha value is -5.15. The van der Waals surface area contributed by atoms with Crippen LogP contribution >= 0.6 is 0 Å². The van der Waals surface area contributed by atoms with Crippen molar-refractivity contribution in [3.63, 3.8) is 0 Å². The molecule has 8 aromatic rings. The van der Waals surface area contributed by atoms with Crippen LogP contribution in [0.15, 0.2) is 156 Å². The molecule has 3 aromatic heterocycles. The van der Waals surface area contributed by atoms with Crippen molar-refractivity contribution < 1.29 is 24.5 Å². The van der Waals surface area contributed by atoms with Crippen LogP contribution in [0.2, 0.25) is 0 Å². The molecule has 0 saturated carbocycles. The van der Waals surface area contributed by atoms with E-state index in [0.29, 0.717) is 0 Å². The zero-order valence-corrected chi connectivity index (χ0v) is 31.7. The summed E-state index contributed by atoms with van der Waals surface area (Å²) in [6, 6.07) is 54.6. The number of benzene rings is 5. The van der Waals surface area contributed by atoms with Crippen LogP contribution < -0.4 is 0 Å². The van der Waals surface area contributed by atoms with Crippen molar-refractivity contribution in [2.24, 2.45) is 5.41 Å². The Kier molecular flexibility index (Phi) is 11.1. The molecular formula is C47H40IrN2O-2. The van der Waals surface area contributed by atoms with Crippen LogP contribution in [0.5, 0.6) is 0 Å². The number of para-hydroxylation sites is 1. The van der Waals surface area contributed by atoms with Crippen molar-refractivity contribution in [1.29, 1.82) is 0 Å². The van der Waals surface area contributed by atoms with Gasteiger partial charge in [-0.05, 0) is 58.5 Å². The molecule has 3 heterocycles. The van der Waals surface area contributed by atoms with Crippen molar-refractivity contribution in [2.75, 3.05) is 0 Å². The summed E-state index contributed by atoms with van der Waals surface area (Å²) in [5.74, 6) is 0.272. The molecule has 5 aromatic carbocycles. The van der Waals surface area contributed by atoms with E-state index in [9.17, 15) is 0 Å². The molecule has 8 rings (SSSR count). The third-order valence-electron chi connectivity index (χ3n) is 8.91. The normalized spacial score (nSPS) is 11.8. The monoisotopic (exact) mass is 841 g/mol. The molecule has 1 unspecified atom stereocenters. The maximum Gasteiger partial charge on any atom is 0.120 e. The Morgan fingerprint density at radius 3 is 2.18 bits per heavy atom. The Morgan fingerprint density at radius 1 is 0.647 bits per heavy atom. The average molecular weight is 841 g/mol. The van der Waals surface area contributed by atoms with E-state index >= 15 is 0 Å². The first-order valence-electron chi connectivity index (χ1n) is 17.2. The standard InChI is InChI=1S/C25H20N.C22H20NO.Ir/c1-19(20-10-4-2-5-11-20)24-16-9-17-26-25(24)23-15-8-14-22(18-23)21-12-6-3-7-13-21;1-22(2,3)14-15-10-11-23-19(12-15)16-8-9-21-18(13-16)17-6-4-5-7-20(17)24-21;/h2-14,16-19H,1H3;4-7,9-13H,14H2,1-3H3;/q2*-1;. The summed E-state index contributed by atoms with van der Waals surface area (Å²) < 4.78 is 5.88. The molecule has 0 saturated heterocycles. The Morgan fingerprint density at radius 2 is 1.39 bits per heavy atom. The van der Waals surface area contributed by atoms with E-state index in [4.69, 9.17) is 9.40 Å². The molecule has 255 valence electrons. The van der Waals surface area contributed by atoms with Gasteiger partial charge < -0.3 is 14.4 Å². The summed E-state index contributed by atoms with van der Waals surface area (Å²) in [7, 11) is 0. The number of aromatic nitrogens is 2. The number of pyridine rings is 2. The van der Waals surface area contributed by atoms with Crippen LogP contribution in [0.3, 0.4) is 0 Å². The molecule has 0 aliphatic rings. The summed E-state index contributed by atoms with van der Waals surface area (Å²) in [5.41, 5.74) is 12.2. The second kappa shape index (κ2) is 15.8. The fourth-order valence-electron chi connectivity index (χ4n) is 6.49. The molecule has 0 aliphatic carbocycles. The summed E-state index contributed by atoms with van der Waals surface area (Å²) in [6.45, 7) is 8.99. The molecule has 0 amide bonds. The third kappa shape index (κ3) is 8.43. The number of furan rings is 1. The topological polar surface area (TPSA) is 38.9 Å². The van der Waals surface area contributed by atoms with Crippen molar-refractivity contribution in [3.05, 3.63) is 181 Å². The van der Waals surface area contributed by atoms with E-state index < -0.39 is 0 Å². The summed E-state index contributed by atoms with van der Waals surface area (Å²) in [4.78, 5) is 9.25. The van der Waals surface area contributed by atoms with E-state index in [1.165, 1.54) is 27.8 Å². The van der Waals surface area contributed by atoms with Gasteiger partial charge in [0, 0.05) is 37.9 Å². The second-order valence-corrected chi connectivity index (χ2v) is 13.9. The predicted molar refractivity (Wildman–Crippen MR) is 207 cm³/mol. The number of hydrogen-bond donors (Lipinski definition) is 0. The maximum atomic E-state index is 5.88. The number of nitrogens with zero attached hydrogens (tertiary/aromatic N) is 2. The van der Waals surface area contributed by atoms with Gasteiger partial charge in [0.25, 0.3) is 0 Å². The van der Waals surface area contributed by atoms with Crippen LogP contribution in [0.4, 0.5) is 0 Å². The van der Waals surface area contributed by atoms with Gasteiger partial charge >= 0.3 is 0 Å². The van der Waals surface area contributed by atoms with Gasteiger partial charge in [0.15, 0.2) is 0 Å². The molecular weight excluding hydrogens is 801 g/mol. The fourth-order valence-corrected chi connectivity index (χ4v) is 6.49. The molecule has 0 spiro atoms. The molecule has 0 N–H and O–H groups in total. The van der Waals surface area contributed by atoms with Gasteiger partial charge in [-0.1, -0.05) is 135 Å². The summed E-state index contributed by atoms with van der Waals surface area (Å²) in [5, 5.41) is 2.25. The van der Waals surface area contributed by atoms with E-state index in [0.717, 1.165) is 50.9 Å².